The molecule has 1 fully saturated rings. The van der Waals surface area contributed by atoms with Crippen molar-refractivity contribution in [3.8, 4) is 0 Å². The van der Waals surface area contributed by atoms with Gasteiger partial charge >= 0.3 is 0 Å². The fourth-order valence-corrected chi connectivity index (χ4v) is 3.60. The molecule has 0 aliphatic heterocycles. The number of halogens is 1. The van der Waals surface area contributed by atoms with Crippen LogP contribution in [0.3, 0.4) is 0 Å². The van der Waals surface area contributed by atoms with Crippen molar-refractivity contribution in [2.45, 2.75) is 38.6 Å². The van der Waals surface area contributed by atoms with Crippen LogP contribution in [0.25, 0.3) is 10.9 Å². The third-order valence-electron chi connectivity index (χ3n) is 4.42. The average molecular weight is 335 g/mol. The first-order valence-electron chi connectivity index (χ1n) is 7.78. The van der Waals surface area contributed by atoms with E-state index in [4.69, 9.17) is 0 Å². The van der Waals surface area contributed by atoms with Crippen LogP contribution in [-0.4, -0.2) is 17.7 Å². The SMILES string of the molecule is Brc1ccc2ccn(CCNCC3CCCCC3)c2c1. The standard InChI is InChI=1S/C17H23BrN2/c18-16-7-6-15-8-10-20(17(15)12-16)11-9-19-13-14-4-2-1-3-5-14/h6-8,10,12,14,19H,1-5,9,11,13H2. The van der Waals surface area contributed by atoms with Gasteiger partial charge in [0.25, 0.3) is 0 Å². The van der Waals surface area contributed by atoms with Crippen LogP contribution in [0.4, 0.5) is 0 Å². The third kappa shape index (κ3) is 3.44. The minimum absolute atomic E-state index is 0.916. The number of nitrogens with zero attached hydrogens (tertiary/aromatic N) is 1. The Balaban J connectivity index is 1.50. The van der Waals surface area contributed by atoms with E-state index in [0.717, 1.165) is 23.5 Å². The van der Waals surface area contributed by atoms with Gasteiger partial charge in [0.2, 0.25) is 0 Å². The molecule has 3 rings (SSSR count). The zero-order chi connectivity index (χ0) is 13.8. The second-order valence-electron chi connectivity index (χ2n) is 5.92. The van der Waals surface area contributed by atoms with Gasteiger partial charge in [-0.2, -0.15) is 0 Å². The summed E-state index contributed by atoms with van der Waals surface area (Å²) in [6, 6.07) is 8.68. The molecule has 0 bridgehead atoms. The van der Waals surface area contributed by atoms with Crippen molar-refractivity contribution in [1.82, 2.24) is 9.88 Å². The highest BCUT2D eigenvalue weighted by molar-refractivity contribution is 9.10. The van der Waals surface area contributed by atoms with Crippen LogP contribution in [-0.2, 0) is 6.54 Å². The largest absolute Gasteiger partial charge is 0.346 e. The molecule has 1 N–H and O–H groups in total. The molecule has 0 spiro atoms. The molecule has 20 heavy (non-hydrogen) atoms. The lowest BCUT2D eigenvalue weighted by Crippen LogP contribution is -2.27. The normalized spacial score (nSPS) is 16.9. The summed E-state index contributed by atoms with van der Waals surface area (Å²) >= 11 is 3.56. The van der Waals surface area contributed by atoms with Crippen molar-refractivity contribution < 1.29 is 0 Å². The molecule has 1 aromatic heterocycles. The van der Waals surface area contributed by atoms with Crippen molar-refractivity contribution in [1.29, 1.82) is 0 Å². The fourth-order valence-electron chi connectivity index (χ4n) is 3.25. The Hall–Kier alpha value is -0.800. The van der Waals surface area contributed by atoms with Crippen molar-refractivity contribution >= 4 is 26.8 Å². The summed E-state index contributed by atoms with van der Waals surface area (Å²) in [6.45, 7) is 3.31. The first kappa shape index (κ1) is 14.2. The second kappa shape index (κ2) is 6.77. The molecule has 0 saturated heterocycles. The molecule has 108 valence electrons. The van der Waals surface area contributed by atoms with E-state index < -0.39 is 0 Å². The smallest absolute Gasteiger partial charge is 0.0492 e. The summed E-state index contributed by atoms with van der Waals surface area (Å²) in [5, 5.41) is 4.96. The minimum atomic E-state index is 0.916. The second-order valence-corrected chi connectivity index (χ2v) is 6.84. The van der Waals surface area contributed by atoms with E-state index in [1.165, 1.54) is 49.6 Å². The maximum atomic E-state index is 3.64. The lowest BCUT2D eigenvalue weighted by Gasteiger charge is -2.21. The number of nitrogens with one attached hydrogen (secondary N) is 1. The Bertz CT molecular complexity index is 555. The van der Waals surface area contributed by atoms with E-state index in [-0.39, 0.29) is 0 Å². The zero-order valence-corrected chi connectivity index (χ0v) is 13.5. The Morgan fingerprint density at radius 2 is 2.00 bits per heavy atom. The first-order chi connectivity index (χ1) is 9.83. The lowest BCUT2D eigenvalue weighted by atomic mass is 9.89. The van der Waals surface area contributed by atoms with Crippen LogP contribution in [0.5, 0.6) is 0 Å². The first-order valence-corrected chi connectivity index (χ1v) is 8.57. The van der Waals surface area contributed by atoms with Gasteiger partial charge in [-0.05, 0) is 48.9 Å². The molecular formula is C17H23BrN2. The number of benzene rings is 1. The molecule has 1 saturated carbocycles. The van der Waals surface area contributed by atoms with Crippen LogP contribution < -0.4 is 5.32 Å². The number of aromatic nitrogens is 1. The third-order valence-corrected chi connectivity index (χ3v) is 4.92. The molecule has 1 aliphatic rings. The van der Waals surface area contributed by atoms with E-state index in [2.05, 4.69) is 56.3 Å². The summed E-state index contributed by atoms with van der Waals surface area (Å²) in [5.41, 5.74) is 1.32. The monoisotopic (exact) mass is 334 g/mol. The highest BCUT2D eigenvalue weighted by Crippen LogP contribution is 2.23. The maximum absolute atomic E-state index is 3.64. The van der Waals surface area contributed by atoms with Crippen LogP contribution >= 0.6 is 15.9 Å². The summed E-state index contributed by atoms with van der Waals surface area (Å²) in [7, 11) is 0. The van der Waals surface area contributed by atoms with Gasteiger partial charge in [0.15, 0.2) is 0 Å². The van der Waals surface area contributed by atoms with Crippen molar-refractivity contribution in [2.75, 3.05) is 13.1 Å². The van der Waals surface area contributed by atoms with Crippen molar-refractivity contribution in [2.24, 2.45) is 5.92 Å². The van der Waals surface area contributed by atoms with Gasteiger partial charge in [0.05, 0.1) is 0 Å². The van der Waals surface area contributed by atoms with E-state index in [1.54, 1.807) is 0 Å². The van der Waals surface area contributed by atoms with Gasteiger partial charge in [0, 0.05) is 29.3 Å². The molecule has 0 amide bonds. The molecule has 0 radical (unpaired) electrons. The zero-order valence-electron chi connectivity index (χ0n) is 11.9. The molecule has 1 aliphatic carbocycles. The minimum Gasteiger partial charge on any atom is -0.346 e. The molecule has 3 heteroatoms. The Kier molecular flexibility index (Phi) is 4.79. The number of fused-ring (bicyclic) bond motifs is 1. The van der Waals surface area contributed by atoms with Crippen LogP contribution in [0.1, 0.15) is 32.1 Å². The number of hydrogen-bond donors (Lipinski definition) is 1. The number of rotatable bonds is 5. The van der Waals surface area contributed by atoms with Crippen LogP contribution in [0, 0.1) is 5.92 Å². The molecule has 0 unspecified atom stereocenters. The van der Waals surface area contributed by atoms with Crippen molar-refractivity contribution in [3.63, 3.8) is 0 Å². The molecule has 1 heterocycles. The summed E-state index contributed by atoms with van der Waals surface area (Å²) in [4.78, 5) is 0. The summed E-state index contributed by atoms with van der Waals surface area (Å²) < 4.78 is 3.49. The lowest BCUT2D eigenvalue weighted by molar-refractivity contribution is 0.341. The predicted molar refractivity (Wildman–Crippen MR) is 89.1 cm³/mol. The highest BCUT2D eigenvalue weighted by atomic mass is 79.9. The van der Waals surface area contributed by atoms with Gasteiger partial charge < -0.3 is 9.88 Å². The molecule has 2 nitrogen and oxygen atoms in total. The van der Waals surface area contributed by atoms with E-state index in [1.807, 2.05) is 0 Å². The van der Waals surface area contributed by atoms with Gasteiger partial charge in [-0.1, -0.05) is 41.3 Å². The fraction of sp³-hybridized carbons (Fsp3) is 0.529. The topological polar surface area (TPSA) is 17.0 Å². The molecular weight excluding hydrogens is 312 g/mol. The summed E-state index contributed by atoms with van der Waals surface area (Å²) in [6.07, 6.45) is 9.35. The van der Waals surface area contributed by atoms with Gasteiger partial charge in [-0.3, -0.25) is 0 Å². The average Bonchev–Trinajstić information content (AvgIpc) is 2.87. The Labute approximate surface area is 129 Å². The highest BCUT2D eigenvalue weighted by Gasteiger charge is 2.12. The summed E-state index contributed by atoms with van der Waals surface area (Å²) in [5.74, 6) is 0.916. The quantitative estimate of drug-likeness (QED) is 0.792. The molecule has 1 aromatic carbocycles. The number of hydrogen-bond acceptors (Lipinski definition) is 1. The van der Waals surface area contributed by atoms with E-state index in [9.17, 15) is 0 Å². The van der Waals surface area contributed by atoms with E-state index in [0.29, 0.717) is 0 Å². The van der Waals surface area contributed by atoms with Crippen molar-refractivity contribution in [3.05, 3.63) is 34.9 Å². The van der Waals surface area contributed by atoms with Gasteiger partial charge in [-0.25, -0.2) is 0 Å². The molecule has 2 aromatic rings. The van der Waals surface area contributed by atoms with Crippen LogP contribution in [0.2, 0.25) is 0 Å². The maximum Gasteiger partial charge on any atom is 0.0492 e. The van der Waals surface area contributed by atoms with Crippen LogP contribution in [0.15, 0.2) is 34.9 Å². The van der Waals surface area contributed by atoms with Gasteiger partial charge in [-0.15, -0.1) is 0 Å². The van der Waals surface area contributed by atoms with Gasteiger partial charge in [0.1, 0.15) is 0 Å². The molecule has 0 atom stereocenters. The Morgan fingerprint density at radius 1 is 1.15 bits per heavy atom. The van der Waals surface area contributed by atoms with E-state index >= 15 is 0 Å². The Morgan fingerprint density at radius 3 is 2.85 bits per heavy atom. The predicted octanol–water partition coefficient (Wildman–Crippen LogP) is 4.57.